The molecule has 0 aliphatic rings. The smallest absolute Gasteiger partial charge is 0.164 e. The molecule has 0 aliphatic heterocycles. The molecule has 4 heteroatoms. The van der Waals surface area contributed by atoms with Crippen molar-refractivity contribution >= 4 is 10.8 Å². The summed E-state index contributed by atoms with van der Waals surface area (Å²) in [5.74, 6) is 1.96. The predicted molar refractivity (Wildman–Crippen MR) is 188 cm³/mol. The molecule has 2 aromatic heterocycles. The van der Waals surface area contributed by atoms with E-state index in [9.17, 15) is 0 Å². The highest BCUT2D eigenvalue weighted by molar-refractivity contribution is 6.04. The van der Waals surface area contributed by atoms with E-state index in [1.165, 1.54) is 16.7 Å². The van der Waals surface area contributed by atoms with Gasteiger partial charge in [0.2, 0.25) is 0 Å². The molecule has 0 atom stereocenters. The largest absolute Gasteiger partial charge is 0.264 e. The zero-order valence-electron chi connectivity index (χ0n) is 25.0. The Morgan fingerprint density at radius 2 is 0.717 bits per heavy atom. The molecule has 0 radical (unpaired) electrons. The van der Waals surface area contributed by atoms with Crippen molar-refractivity contribution in [1.82, 2.24) is 19.9 Å². The van der Waals surface area contributed by atoms with Gasteiger partial charge in [0.25, 0.3) is 0 Å². The molecule has 0 fully saturated rings. The van der Waals surface area contributed by atoms with Crippen molar-refractivity contribution in [3.63, 3.8) is 0 Å². The minimum atomic E-state index is 0.653. The fourth-order valence-corrected chi connectivity index (χ4v) is 5.91. The van der Waals surface area contributed by atoms with E-state index in [2.05, 4.69) is 96.0 Å². The molecule has 6 aromatic carbocycles. The Hall–Kier alpha value is -6.26. The molecule has 216 valence electrons. The standard InChI is InChI=1S/C42H28N4/c1-3-10-33(11-4-1)40-44-41(34-12-5-2-6-13-34)46-42(45-40)39-26-25-36(37-15-7-8-16-38(37)39)32-23-21-30(22-24-32)29-17-19-31(20-18-29)35-14-9-27-43-28-35/h1-28H. The lowest BCUT2D eigenvalue weighted by atomic mass is 9.93. The third-order valence-electron chi connectivity index (χ3n) is 8.27. The molecular formula is C42H28N4. The van der Waals surface area contributed by atoms with Crippen LogP contribution in [0.1, 0.15) is 0 Å². The molecule has 0 spiro atoms. The second-order valence-electron chi connectivity index (χ2n) is 11.1. The molecule has 46 heavy (non-hydrogen) atoms. The van der Waals surface area contributed by atoms with Gasteiger partial charge in [-0.3, -0.25) is 4.98 Å². The van der Waals surface area contributed by atoms with Gasteiger partial charge >= 0.3 is 0 Å². The summed E-state index contributed by atoms with van der Waals surface area (Å²) in [5, 5.41) is 2.25. The third kappa shape index (κ3) is 5.33. The van der Waals surface area contributed by atoms with Crippen molar-refractivity contribution in [3.8, 4) is 67.5 Å². The molecule has 2 heterocycles. The maximum absolute atomic E-state index is 5.00. The van der Waals surface area contributed by atoms with Crippen LogP contribution in [0.5, 0.6) is 0 Å². The average Bonchev–Trinajstić information content (AvgIpc) is 3.15. The number of aromatic nitrogens is 4. The number of hydrogen-bond donors (Lipinski definition) is 0. The van der Waals surface area contributed by atoms with Gasteiger partial charge in [0.1, 0.15) is 0 Å². The molecular weight excluding hydrogens is 560 g/mol. The van der Waals surface area contributed by atoms with Crippen LogP contribution in [0.4, 0.5) is 0 Å². The Bertz CT molecular complexity index is 2210. The van der Waals surface area contributed by atoms with E-state index in [1.807, 2.05) is 72.9 Å². The van der Waals surface area contributed by atoms with E-state index in [0.29, 0.717) is 17.5 Å². The van der Waals surface area contributed by atoms with E-state index in [-0.39, 0.29) is 0 Å². The number of nitrogens with zero attached hydrogens (tertiary/aromatic N) is 4. The Morgan fingerprint density at radius 3 is 1.26 bits per heavy atom. The highest BCUT2D eigenvalue weighted by Crippen LogP contribution is 2.36. The minimum Gasteiger partial charge on any atom is -0.264 e. The highest BCUT2D eigenvalue weighted by Gasteiger charge is 2.16. The number of hydrogen-bond acceptors (Lipinski definition) is 4. The zero-order chi connectivity index (χ0) is 30.7. The number of fused-ring (bicyclic) bond motifs is 1. The van der Waals surface area contributed by atoms with Gasteiger partial charge in [-0.05, 0) is 56.3 Å². The molecule has 0 unspecified atom stereocenters. The molecule has 0 aliphatic carbocycles. The average molecular weight is 589 g/mol. The van der Waals surface area contributed by atoms with Crippen LogP contribution in [0, 0.1) is 0 Å². The van der Waals surface area contributed by atoms with Gasteiger partial charge in [0.05, 0.1) is 0 Å². The molecule has 0 saturated heterocycles. The van der Waals surface area contributed by atoms with Crippen LogP contribution >= 0.6 is 0 Å². The first-order chi connectivity index (χ1) is 22.8. The first-order valence-electron chi connectivity index (χ1n) is 15.3. The van der Waals surface area contributed by atoms with Crippen LogP contribution < -0.4 is 0 Å². The van der Waals surface area contributed by atoms with E-state index in [1.54, 1.807) is 6.20 Å². The van der Waals surface area contributed by atoms with Gasteiger partial charge in [-0.25, -0.2) is 15.0 Å². The Morgan fingerprint density at radius 1 is 0.283 bits per heavy atom. The second-order valence-corrected chi connectivity index (χ2v) is 11.1. The SMILES string of the molecule is c1ccc(-c2nc(-c3ccccc3)nc(-c3ccc(-c4ccc(-c5ccc(-c6cccnc6)cc5)cc4)c4ccccc34)n2)cc1. The van der Waals surface area contributed by atoms with Crippen LogP contribution in [0.25, 0.3) is 78.3 Å². The zero-order valence-corrected chi connectivity index (χ0v) is 25.0. The molecule has 8 rings (SSSR count). The summed E-state index contributed by atoms with van der Waals surface area (Å²) in [6.45, 7) is 0. The summed E-state index contributed by atoms with van der Waals surface area (Å²) in [6.07, 6.45) is 3.69. The van der Waals surface area contributed by atoms with Gasteiger partial charge < -0.3 is 0 Å². The molecule has 0 amide bonds. The summed E-state index contributed by atoms with van der Waals surface area (Å²) < 4.78 is 0. The van der Waals surface area contributed by atoms with Gasteiger partial charge in [0.15, 0.2) is 17.5 Å². The Kier molecular flexibility index (Phi) is 7.14. The van der Waals surface area contributed by atoms with Crippen molar-refractivity contribution in [3.05, 3.63) is 170 Å². The summed E-state index contributed by atoms with van der Waals surface area (Å²) in [4.78, 5) is 19.1. The monoisotopic (exact) mass is 588 g/mol. The quantitative estimate of drug-likeness (QED) is 0.194. The highest BCUT2D eigenvalue weighted by atomic mass is 15.0. The maximum atomic E-state index is 5.00. The number of pyridine rings is 1. The Balaban J connectivity index is 1.18. The van der Waals surface area contributed by atoms with Crippen LogP contribution in [0.15, 0.2) is 170 Å². The topological polar surface area (TPSA) is 51.6 Å². The van der Waals surface area contributed by atoms with Crippen molar-refractivity contribution < 1.29 is 0 Å². The van der Waals surface area contributed by atoms with Gasteiger partial charge in [-0.2, -0.15) is 0 Å². The third-order valence-corrected chi connectivity index (χ3v) is 8.27. The van der Waals surface area contributed by atoms with Crippen LogP contribution in [-0.4, -0.2) is 19.9 Å². The number of rotatable bonds is 6. The van der Waals surface area contributed by atoms with Crippen molar-refractivity contribution in [1.29, 1.82) is 0 Å². The van der Waals surface area contributed by atoms with Crippen LogP contribution in [-0.2, 0) is 0 Å². The molecule has 0 bridgehead atoms. The molecule has 0 N–H and O–H groups in total. The first-order valence-corrected chi connectivity index (χ1v) is 15.3. The van der Waals surface area contributed by atoms with Crippen molar-refractivity contribution in [2.45, 2.75) is 0 Å². The predicted octanol–water partition coefficient (Wildman–Crippen LogP) is 10.4. The second kappa shape index (κ2) is 12.0. The van der Waals surface area contributed by atoms with Crippen molar-refractivity contribution in [2.75, 3.05) is 0 Å². The van der Waals surface area contributed by atoms with Gasteiger partial charge in [0, 0.05) is 29.1 Å². The van der Waals surface area contributed by atoms with Gasteiger partial charge in [-0.15, -0.1) is 0 Å². The minimum absolute atomic E-state index is 0.653. The van der Waals surface area contributed by atoms with Crippen LogP contribution in [0.2, 0.25) is 0 Å². The van der Waals surface area contributed by atoms with Gasteiger partial charge in [-0.1, -0.05) is 146 Å². The summed E-state index contributed by atoms with van der Waals surface area (Å²) in [6, 6.07) is 54.5. The first kappa shape index (κ1) is 27.3. The number of benzene rings is 6. The lowest BCUT2D eigenvalue weighted by Crippen LogP contribution is -2.00. The lowest BCUT2D eigenvalue weighted by Gasteiger charge is -2.13. The fraction of sp³-hybridized carbons (Fsp3) is 0. The molecule has 8 aromatic rings. The van der Waals surface area contributed by atoms with E-state index < -0.39 is 0 Å². The molecule has 4 nitrogen and oxygen atoms in total. The van der Waals surface area contributed by atoms with E-state index in [0.717, 1.165) is 44.2 Å². The van der Waals surface area contributed by atoms with E-state index >= 15 is 0 Å². The van der Waals surface area contributed by atoms with E-state index in [4.69, 9.17) is 15.0 Å². The summed E-state index contributed by atoms with van der Waals surface area (Å²) in [5.41, 5.74) is 9.83. The van der Waals surface area contributed by atoms with Crippen LogP contribution in [0.3, 0.4) is 0 Å². The molecule has 0 saturated carbocycles. The lowest BCUT2D eigenvalue weighted by molar-refractivity contribution is 1.08. The fourth-order valence-electron chi connectivity index (χ4n) is 5.91. The maximum Gasteiger partial charge on any atom is 0.164 e. The Labute approximate surface area is 267 Å². The summed E-state index contributed by atoms with van der Waals surface area (Å²) in [7, 11) is 0. The normalized spacial score (nSPS) is 11.0. The van der Waals surface area contributed by atoms with Crippen molar-refractivity contribution in [2.24, 2.45) is 0 Å². The summed E-state index contributed by atoms with van der Waals surface area (Å²) >= 11 is 0.